The van der Waals surface area contributed by atoms with E-state index in [9.17, 15) is 33.6 Å². The van der Waals surface area contributed by atoms with E-state index < -0.39 is 41.7 Å². The first-order valence-corrected chi connectivity index (χ1v) is 23.3. The Morgan fingerprint density at radius 1 is 0.836 bits per heavy atom. The number of nitrogens with zero attached hydrogens (tertiary/aromatic N) is 5. The molecule has 2 atom stereocenters. The van der Waals surface area contributed by atoms with E-state index in [1.54, 1.807) is 18.2 Å². The minimum atomic E-state index is -1.10. The van der Waals surface area contributed by atoms with Crippen molar-refractivity contribution in [1.29, 1.82) is 0 Å². The third-order valence-corrected chi connectivity index (χ3v) is 13.0. The first-order chi connectivity index (χ1) is 32.4. The van der Waals surface area contributed by atoms with E-state index in [1.165, 1.54) is 30.6 Å². The van der Waals surface area contributed by atoms with Crippen molar-refractivity contribution in [2.75, 3.05) is 53.4 Å². The highest BCUT2D eigenvalue weighted by molar-refractivity contribution is 7.17. The lowest BCUT2D eigenvalue weighted by molar-refractivity contribution is -0.141. The summed E-state index contributed by atoms with van der Waals surface area (Å²) < 4.78 is 29.5. The summed E-state index contributed by atoms with van der Waals surface area (Å²) in [5.74, 6) is -1.93. The number of esters is 1. The number of ketones is 2. The van der Waals surface area contributed by atoms with E-state index in [0.717, 1.165) is 26.6 Å². The molecular formula is C47H51ClN6O12S. The molecular weight excluding hydrogens is 908 g/mol. The highest BCUT2D eigenvalue weighted by Gasteiger charge is 2.46. The molecule has 5 heterocycles. The predicted molar refractivity (Wildman–Crippen MR) is 243 cm³/mol. The van der Waals surface area contributed by atoms with Gasteiger partial charge in [0, 0.05) is 48.6 Å². The summed E-state index contributed by atoms with van der Waals surface area (Å²) in [4.78, 5) is 95.4. The van der Waals surface area contributed by atoms with Gasteiger partial charge in [-0.3, -0.25) is 53.3 Å². The first-order valence-electron chi connectivity index (χ1n) is 22.1. The number of fused-ring (bicyclic) bond motifs is 4. The molecule has 354 valence electrons. The van der Waals surface area contributed by atoms with Crippen LogP contribution in [0.4, 0.5) is 0 Å². The third kappa shape index (κ3) is 11.4. The molecule has 0 bridgehead atoms. The molecule has 0 saturated carbocycles. The normalized spacial score (nSPS) is 16.5. The Morgan fingerprint density at radius 2 is 1.52 bits per heavy atom. The van der Waals surface area contributed by atoms with Gasteiger partial charge in [-0.15, -0.1) is 21.5 Å². The van der Waals surface area contributed by atoms with Crippen LogP contribution in [-0.2, 0) is 38.1 Å². The molecule has 1 unspecified atom stereocenters. The monoisotopic (exact) mass is 958 g/mol. The minimum Gasteiger partial charge on any atom is -0.485 e. The van der Waals surface area contributed by atoms with Gasteiger partial charge in [-0.1, -0.05) is 29.8 Å². The molecule has 2 aromatic carbocycles. The molecule has 0 aliphatic carbocycles. The number of aromatic nitrogens is 3. The number of aliphatic imine (C=N–C) groups is 1. The number of carbonyl (C=O) groups excluding carboxylic acids is 7. The van der Waals surface area contributed by atoms with E-state index in [1.807, 2.05) is 30.5 Å². The summed E-state index contributed by atoms with van der Waals surface area (Å²) in [6, 6.07) is 10.0. The second-order valence-corrected chi connectivity index (χ2v) is 17.5. The molecule has 3 aliphatic heterocycles. The zero-order chi connectivity index (χ0) is 47.6. The van der Waals surface area contributed by atoms with Crippen LogP contribution in [0.25, 0.3) is 5.00 Å². The Balaban J connectivity index is 0.761. The van der Waals surface area contributed by atoms with Gasteiger partial charge < -0.3 is 23.7 Å². The summed E-state index contributed by atoms with van der Waals surface area (Å²) in [6.45, 7) is 5.92. The van der Waals surface area contributed by atoms with Crippen molar-refractivity contribution in [2.24, 2.45) is 4.99 Å². The highest BCUT2D eigenvalue weighted by atomic mass is 35.5. The van der Waals surface area contributed by atoms with Crippen molar-refractivity contribution in [3.63, 3.8) is 0 Å². The zero-order valence-electron chi connectivity index (χ0n) is 37.4. The lowest BCUT2D eigenvalue weighted by Gasteiger charge is -2.27. The van der Waals surface area contributed by atoms with Crippen LogP contribution in [0.2, 0.25) is 5.02 Å². The van der Waals surface area contributed by atoms with Gasteiger partial charge in [-0.25, -0.2) is 0 Å². The Labute approximate surface area is 395 Å². The number of nitrogens with one attached hydrogen (secondary N) is 1. The quantitative estimate of drug-likeness (QED) is 0.0387. The highest BCUT2D eigenvalue weighted by Crippen LogP contribution is 2.41. The summed E-state index contributed by atoms with van der Waals surface area (Å²) in [5.41, 5.74) is 3.08. The van der Waals surface area contributed by atoms with Crippen molar-refractivity contribution in [3.05, 3.63) is 91.8 Å². The van der Waals surface area contributed by atoms with E-state index in [2.05, 4.69) is 15.5 Å². The van der Waals surface area contributed by atoms with E-state index in [4.69, 9.17) is 40.3 Å². The van der Waals surface area contributed by atoms with Gasteiger partial charge in [0.15, 0.2) is 17.4 Å². The van der Waals surface area contributed by atoms with Crippen LogP contribution in [0, 0.1) is 13.8 Å². The van der Waals surface area contributed by atoms with Crippen molar-refractivity contribution in [3.8, 4) is 10.8 Å². The van der Waals surface area contributed by atoms with Crippen molar-refractivity contribution in [1.82, 2.24) is 25.0 Å². The lowest BCUT2D eigenvalue weighted by atomic mass is 9.98. The van der Waals surface area contributed by atoms with Crippen molar-refractivity contribution >= 4 is 69.8 Å². The van der Waals surface area contributed by atoms with Crippen LogP contribution in [-0.4, -0.2) is 126 Å². The van der Waals surface area contributed by atoms with Gasteiger partial charge in [-0.05, 0) is 75.8 Å². The maximum Gasteiger partial charge on any atom is 0.308 e. The fraction of sp³-hybridized carbons (Fsp3) is 0.447. The van der Waals surface area contributed by atoms with Gasteiger partial charge in [0.05, 0.1) is 61.7 Å². The Kier molecular flexibility index (Phi) is 16.6. The Hall–Kier alpha value is -5.99. The molecule has 20 heteroatoms. The van der Waals surface area contributed by atoms with Crippen LogP contribution >= 0.6 is 22.9 Å². The van der Waals surface area contributed by atoms with Crippen LogP contribution in [0.5, 0.6) is 5.75 Å². The van der Waals surface area contributed by atoms with Crippen molar-refractivity contribution in [2.45, 2.75) is 83.7 Å². The molecule has 2 aromatic heterocycles. The van der Waals surface area contributed by atoms with Crippen LogP contribution in [0.1, 0.15) is 123 Å². The third-order valence-electron chi connectivity index (χ3n) is 11.5. The van der Waals surface area contributed by atoms with Gasteiger partial charge in [0.2, 0.25) is 11.8 Å². The minimum absolute atomic E-state index is 0.00335. The maximum atomic E-state index is 13.7. The number of ether oxygens (including phenoxy) is 5. The van der Waals surface area contributed by atoms with Gasteiger partial charge >= 0.3 is 5.97 Å². The number of amides is 4. The molecule has 4 aromatic rings. The van der Waals surface area contributed by atoms with Crippen molar-refractivity contribution < 1.29 is 57.2 Å². The number of thiophene rings is 1. The number of piperidine rings is 1. The first kappa shape index (κ1) is 48.9. The number of methoxy groups -OCH3 is 1. The SMILES string of the molecule is COC(=O)C[C@@H]1N=C(c2ccc(Cl)cc2)c2c(sc(C(=O)CCCCOCCOCCOCCCCC(=O)COc3cccc4c3C(=O)N(C3CCC(=O)NC3=O)C4=O)c2C)-n2c(C)nnc21. The number of Topliss-reactive ketones (excluding diaryl/α,β-unsaturated/α-hetero) is 2. The molecule has 3 aliphatic rings. The second kappa shape index (κ2) is 22.7. The van der Waals surface area contributed by atoms with Gasteiger partial charge in [-0.2, -0.15) is 0 Å². The average molecular weight is 959 g/mol. The standard InChI is InChI=1S/C47H51ClN6O12S/c1-27-39-41(29-13-15-30(48)16-14-29)49-33(25-38(58)62-3)43-52-51-28(2)53(43)47(39)67-42(27)35(56)11-5-7-20-64-22-24-65-23-21-63-19-6-4-9-31(55)26-66-36-12-8-10-32-40(36)46(61)54(45(32)60)34-17-18-37(57)50-44(34)59/h8,10,12-16,33-34H,4-7,9,11,17-26H2,1-3H3,(H,50,57,59)/t33-,34?/m0/s1. The number of benzene rings is 2. The smallest absolute Gasteiger partial charge is 0.308 e. The summed E-state index contributed by atoms with van der Waals surface area (Å²) in [5, 5.41) is 12.2. The molecule has 1 N–H and O–H groups in total. The number of hydrogen-bond acceptors (Lipinski definition) is 16. The zero-order valence-corrected chi connectivity index (χ0v) is 39.0. The van der Waals surface area contributed by atoms with Crippen LogP contribution < -0.4 is 10.1 Å². The fourth-order valence-electron chi connectivity index (χ4n) is 8.03. The number of rotatable bonds is 24. The van der Waals surface area contributed by atoms with E-state index in [-0.39, 0.29) is 60.7 Å². The number of hydrogen-bond donors (Lipinski definition) is 1. The summed E-state index contributed by atoms with van der Waals surface area (Å²) in [7, 11) is 1.33. The molecule has 0 spiro atoms. The number of carbonyl (C=O) groups is 7. The van der Waals surface area contributed by atoms with Gasteiger partial charge in [0.1, 0.15) is 35.3 Å². The topological polar surface area (TPSA) is 224 Å². The number of unbranched alkanes of at least 4 members (excludes halogenated alkanes) is 2. The lowest BCUT2D eigenvalue weighted by Crippen LogP contribution is -2.54. The molecule has 4 amide bonds. The number of halogens is 1. The average Bonchev–Trinajstić information content (AvgIpc) is 3.91. The second-order valence-electron chi connectivity index (χ2n) is 16.1. The molecule has 18 nitrogen and oxygen atoms in total. The number of aryl methyl sites for hydroxylation is 1. The maximum absolute atomic E-state index is 13.7. The molecule has 7 rings (SSSR count). The fourth-order valence-corrected chi connectivity index (χ4v) is 9.49. The van der Waals surface area contributed by atoms with E-state index >= 15 is 0 Å². The molecule has 67 heavy (non-hydrogen) atoms. The largest absolute Gasteiger partial charge is 0.485 e. The Morgan fingerprint density at radius 3 is 2.21 bits per heavy atom. The van der Waals surface area contributed by atoms with Crippen LogP contribution in [0.15, 0.2) is 47.5 Å². The molecule has 1 saturated heterocycles. The summed E-state index contributed by atoms with van der Waals surface area (Å²) in [6.07, 6.45) is 3.12. The summed E-state index contributed by atoms with van der Waals surface area (Å²) >= 11 is 7.59. The molecule has 1 fully saturated rings. The van der Waals surface area contributed by atoms with E-state index in [0.29, 0.717) is 99.0 Å². The molecule has 0 radical (unpaired) electrons. The predicted octanol–water partition coefficient (Wildman–Crippen LogP) is 5.68. The van der Waals surface area contributed by atoms with Gasteiger partial charge in [0.25, 0.3) is 11.8 Å². The Bertz CT molecular complexity index is 2570. The van der Waals surface area contributed by atoms with Crippen LogP contribution in [0.3, 0.4) is 0 Å². The number of imide groups is 2.